The lowest BCUT2D eigenvalue weighted by molar-refractivity contribution is 0.578. The normalized spacial score (nSPS) is 19.6. The second-order valence-electron chi connectivity index (χ2n) is 5.26. The average molecular weight is 244 g/mol. The van der Waals surface area contributed by atoms with E-state index < -0.39 is 0 Å². The van der Waals surface area contributed by atoms with Crippen LogP contribution in [0.1, 0.15) is 12.2 Å². The molecule has 0 radical (unpaired) electrons. The summed E-state index contributed by atoms with van der Waals surface area (Å²) in [5.41, 5.74) is 3.44. The van der Waals surface area contributed by atoms with Crippen LogP contribution in [0.3, 0.4) is 0 Å². The molecule has 0 spiro atoms. The van der Waals surface area contributed by atoms with Crippen LogP contribution in [-0.2, 0) is 0 Å². The molecule has 1 aromatic carbocycles. The van der Waals surface area contributed by atoms with Crippen LogP contribution in [-0.4, -0.2) is 36.6 Å². The van der Waals surface area contributed by atoms with Crippen molar-refractivity contribution in [3.63, 3.8) is 0 Å². The topological polar surface area (TPSA) is 44.0 Å². The van der Waals surface area contributed by atoms with Crippen LogP contribution in [0, 0.1) is 12.8 Å². The van der Waals surface area contributed by atoms with Crippen molar-refractivity contribution in [1.82, 2.24) is 15.3 Å². The second kappa shape index (κ2) is 4.61. The van der Waals surface area contributed by atoms with Crippen LogP contribution in [0.4, 0.5) is 5.69 Å². The van der Waals surface area contributed by atoms with E-state index in [0.29, 0.717) is 0 Å². The van der Waals surface area contributed by atoms with E-state index in [1.165, 1.54) is 12.1 Å². The molecular formula is C14H20N4. The lowest BCUT2D eigenvalue weighted by Crippen LogP contribution is -2.26. The summed E-state index contributed by atoms with van der Waals surface area (Å²) in [5.74, 6) is 1.75. The minimum atomic E-state index is 0.772. The molecule has 0 saturated carbocycles. The van der Waals surface area contributed by atoms with E-state index in [1.54, 1.807) is 0 Å². The Morgan fingerprint density at radius 1 is 1.44 bits per heavy atom. The Morgan fingerprint density at radius 3 is 3.11 bits per heavy atom. The highest BCUT2D eigenvalue weighted by molar-refractivity contribution is 5.79. The first-order valence-electron chi connectivity index (χ1n) is 6.60. The molecule has 1 saturated heterocycles. The van der Waals surface area contributed by atoms with Gasteiger partial charge in [-0.1, -0.05) is 0 Å². The number of hydrogen-bond donors (Lipinski definition) is 2. The number of fused-ring (bicyclic) bond motifs is 1. The van der Waals surface area contributed by atoms with Crippen LogP contribution in [0.15, 0.2) is 18.2 Å². The highest BCUT2D eigenvalue weighted by Gasteiger charge is 2.16. The van der Waals surface area contributed by atoms with Gasteiger partial charge in [-0.05, 0) is 50.6 Å². The second-order valence-corrected chi connectivity index (χ2v) is 5.26. The maximum Gasteiger partial charge on any atom is 0.104 e. The van der Waals surface area contributed by atoms with Crippen molar-refractivity contribution in [2.45, 2.75) is 13.3 Å². The fraction of sp³-hybridized carbons (Fsp3) is 0.500. The van der Waals surface area contributed by atoms with Crippen molar-refractivity contribution >= 4 is 16.7 Å². The van der Waals surface area contributed by atoms with Crippen LogP contribution in [0.2, 0.25) is 0 Å². The van der Waals surface area contributed by atoms with Gasteiger partial charge in [0.15, 0.2) is 0 Å². The van der Waals surface area contributed by atoms with Crippen LogP contribution in [0.25, 0.3) is 11.0 Å². The summed E-state index contributed by atoms with van der Waals surface area (Å²) in [6.45, 7) is 5.42. The minimum Gasteiger partial charge on any atom is -0.374 e. The molecule has 18 heavy (non-hydrogen) atoms. The highest BCUT2D eigenvalue weighted by Crippen LogP contribution is 2.21. The smallest absolute Gasteiger partial charge is 0.104 e. The molecule has 1 atom stereocenters. The molecule has 1 unspecified atom stereocenters. The van der Waals surface area contributed by atoms with E-state index >= 15 is 0 Å². The average Bonchev–Trinajstić information content (AvgIpc) is 2.95. The molecule has 2 aromatic rings. The van der Waals surface area contributed by atoms with Crippen LogP contribution >= 0.6 is 0 Å². The first-order chi connectivity index (χ1) is 8.72. The summed E-state index contributed by atoms with van der Waals surface area (Å²) in [6, 6.07) is 6.44. The molecule has 1 aliphatic rings. The number of anilines is 1. The molecule has 2 N–H and O–H groups in total. The molecule has 0 bridgehead atoms. The molecule has 2 heterocycles. The summed E-state index contributed by atoms with van der Waals surface area (Å²) >= 11 is 0. The zero-order valence-electron chi connectivity index (χ0n) is 11.0. The third kappa shape index (κ3) is 2.20. The van der Waals surface area contributed by atoms with Gasteiger partial charge in [0.25, 0.3) is 0 Å². The molecule has 1 fully saturated rings. The van der Waals surface area contributed by atoms with Crippen LogP contribution in [0.5, 0.6) is 0 Å². The first-order valence-corrected chi connectivity index (χ1v) is 6.60. The Bertz CT molecular complexity index is 540. The Hall–Kier alpha value is -1.55. The van der Waals surface area contributed by atoms with Gasteiger partial charge in [-0.3, -0.25) is 0 Å². The molecule has 1 aromatic heterocycles. The number of imidazole rings is 1. The lowest BCUT2D eigenvalue weighted by atomic mass is 10.1. The van der Waals surface area contributed by atoms with Gasteiger partial charge in [0.05, 0.1) is 11.0 Å². The molecule has 4 nitrogen and oxygen atoms in total. The summed E-state index contributed by atoms with van der Waals surface area (Å²) in [6.07, 6.45) is 1.29. The minimum absolute atomic E-state index is 0.772. The van der Waals surface area contributed by atoms with Crippen molar-refractivity contribution in [3.8, 4) is 0 Å². The third-order valence-corrected chi connectivity index (χ3v) is 3.72. The van der Waals surface area contributed by atoms with Crippen molar-refractivity contribution in [2.24, 2.45) is 5.92 Å². The molecule has 3 rings (SSSR count). The first kappa shape index (κ1) is 11.5. The van der Waals surface area contributed by atoms with Gasteiger partial charge in [0.2, 0.25) is 0 Å². The van der Waals surface area contributed by atoms with E-state index in [4.69, 9.17) is 0 Å². The monoisotopic (exact) mass is 244 g/mol. The highest BCUT2D eigenvalue weighted by atomic mass is 15.1. The number of benzene rings is 1. The SMILES string of the molecule is Cc1nc2ccc(N(C)CC3CCNC3)cc2[nH]1. The maximum atomic E-state index is 4.43. The fourth-order valence-corrected chi connectivity index (χ4v) is 2.73. The Labute approximate surface area is 107 Å². The van der Waals surface area contributed by atoms with E-state index in [2.05, 4.69) is 45.4 Å². The van der Waals surface area contributed by atoms with E-state index in [1.807, 2.05) is 6.92 Å². The van der Waals surface area contributed by atoms with E-state index in [-0.39, 0.29) is 0 Å². The predicted octanol–water partition coefficient (Wildman–Crippen LogP) is 1.92. The standard InChI is InChI=1S/C14H20N4/c1-10-16-13-4-3-12(7-14(13)17-10)18(2)9-11-5-6-15-8-11/h3-4,7,11,15H,5-6,8-9H2,1-2H3,(H,16,17). The number of aromatic amines is 1. The molecule has 1 aliphatic heterocycles. The molecule has 0 aliphatic carbocycles. The molecule has 0 amide bonds. The van der Waals surface area contributed by atoms with Gasteiger partial charge in [-0.15, -0.1) is 0 Å². The number of nitrogens with zero attached hydrogens (tertiary/aromatic N) is 2. The van der Waals surface area contributed by atoms with Gasteiger partial charge in [0, 0.05) is 19.3 Å². The van der Waals surface area contributed by atoms with Crippen molar-refractivity contribution in [2.75, 3.05) is 31.6 Å². The number of rotatable bonds is 3. The van der Waals surface area contributed by atoms with Gasteiger partial charge >= 0.3 is 0 Å². The van der Waals surface area contributed by atoms with Crippen molar-refractivity contribution in [3.05, 3.63) is 24.0 Å². The summed E-state index contributed by atoms with van der Waals surface area (Å²) in [5, 5.41) is 3.42. The van der Waals surface area contributed by atoms with Gasteiger partial charge in [-0.2, -0.15) is 0 Å². The van der Waals surface area contributed by atoms with Crippen molar-refractivity contribution < 1.29 is 0 Å². The number of aromatic nitrogens is 2. The zero-order chi connectivity index (χ0) is 12.5. The third-order valence-electron chi connectivity index (χ3n) is 3.72. The van der Waals surface area contributed by atoms with Gasteiger partial charge < -0.3 is 15.2 Å². The maximum absolute atomic E-state index is 4.43. The van der Waals surface area contributed by atoms with Gasteiger partial charge in [-0.25, -0.2) is 4.98 Å². The molecular weight excluding hydrogens is 224 g/mol. The largest absolute Gasteiger partial charge is 0.374 e. The quantitative estimate of drug-likeness (QED) is 0.867. The van der Waals surface area contributed by atoms with E-state index in [9.17, 15) is 0 Å². The molecule has 4 heteroatoms. The fourth-order valence-electron chi connectivity index (χ4n) is 2.73. The van der Waals surface area contributed by atoms with E-state index in [0.717, 1.165) is 42.4 Å². The number of hydrogen-bond acceptors (Lipinski definition) is 3. The number of H-pyrrole nitrogens is 1. The summed E-state index contributed by atoms with van der Waals surface area (Å²) < 4.78 is 0. The zero-order valence-corrected chi connectivity index (χ0v) is 11.0. The molecule has 96 valence electrons. The Morgan fingerprint density at radius 2 is 2.33 bits per heavy atom. The van der Waals surface area contributed by atoms with Crippen molar-refractivity contribution in [1.29, 1.82) is 0 Å². The number of nitrogens with one attached hydrogen (secondary N) is 2. The number of aryl methyl sites for hydroxylation is 1. The summed E-state index contributed by atoms with van der Waals surface area (Å²) in [4.78, 5) is 10.1. The lowest BCUT2D eigenvalue weighted by Gasteiger charge is -2.22. The predicted molar refractivity (Wildman–Crippen MR) is 75.1 cm³/mol. The Kier molecular flexibility index (Phi) is 2.96. The van der Waals surface area contributed by atoms with Crippen LogP contribution < -0.4 is 10.2 Å². The summed E-state index contributed by atoms with van der Waals surface area (Å²) in [7, 11) is 2.17. The Balaban J connectivity index is 1.79. The van der Waals surface area contributed by atoms with Gasteiger partial charge in [0.1, 0.15) is 5.82 Å².